The Labute approximate surface area is 210 Å². The first-order valence-corrected chi connectivity index (χ1v) is 12.1. The van der Waals surface area contributed by atoms with Crippen LogP contribution >= 0.6 is 0 Å². The number of aromatic nitrogens is 3. The summed E-state index contributed by atoms with van der Waals surface area (Å²) in [6.07, 6.45) is 2.17. The number of hydrogen-bond donors (Lipinski definition) is 3. The molecule has 36 heavy (non-hydrogen) atoms. The zero-order valence-corrected chi connectivity index (χ0v) is 21.1. The summed E-state index contributed by atoms with van der Waals surface area (Å²) in [7, 11) is 0. The normalized spacial score (nSPS) is 11.6. The molecule has 2 aromatic carbocycles. The summed E-state index contributed by atoms with van der Waals surface area (Å²) >= 11 is 0. The van der Waals surface area contributed by atoms with E-state index in [2.05, 4.69) is 27.3 Å². The molecule has 0 bridgehead atoms. The van der Waals surface area contributed by atoms with Crippen LogP contribution in [0.2, 0.25) is 0 Å². The number of unbranched alkanes of at least 4 members (excludes halogenated alkanes) is 1. The number of amides is 2. The fourth-order valence-electron chi connectivity index (χ4n) is 4.03. The summed E-state index contributed by atoms with van der Waals surface area (Å²) in [6, 6.07) is 15.2. The van der Waals surface area contributed by atoms with Crippen molar-refractivity contribution in [2.75, 3.05) is 5.73 Å². The highest BCUT2D eigenvalue weighted by molar-refractivity contribution is 6.06. The largest absolute Gasteiger partial charge is 0.443 e. The Morgan fingerprint density at radius 3 is 2.44 bits per heavy atom. The van der Waals surface area contributed by atoms with Gasteiger partial charge < -0.3 is 15.0 Å². The number of para-hydroxylation sites is 1. The van der Waals surface area contributed by atoms with Crippen LogP contribution in [-0.4, -0.2) is 32.1 Å². The highest BCUT2D eigenvalue weighted by Crippen LogP contribution is 2.30. The summed E-state index contributed by atoms with van der Waals surface area (Å²) < 4.78 is 7.33. The predicted molar refractivity (Wildman–Crippen MR) is 140 cm³/mol. The minimum atomic E-state index is -0.722. The molecule has 4 N–H and O–H groups in total. The van der Waals surface area contributed by atoms with Crippen LogP contribution in [-0.2, 0) is 17.7 Å². The van der Waals surface area contributed by atoms with Crippen LogP contribution in [0.4, 0.5) is 10.6 Å². The van der Waals surface area contributed by atoms with Gasteiger partial charge >= 0.3 is 6.09 Å². The number of rotatable bonds is 6. The lowest BCUT2D eigenvalue weighted by molar-refractivity contribution is 0.0483. The van der Waals surface area contributed by atoms with Crippen molar-refractivity contribution in [2.24, 2.45) is 0 Å². The Bertz CT molecular complexity index is 1400. The van der Waals surface area contributed by atoms with Crippen molar-refractivity contribution in [1.82, 2.24) is 25.4 Å². The zero-order chi connectivity index (χ0) is 25.9. The molecule has 2 aromatic heterocycles. The molecular formula is C27H32N6O3. The number of pyridine rings is 1. The number of nitrogen functional groups attached to an aromatic ring is 1. The average Bonchev–Trinajstić information content (AvgIpc) is 3.19. The summed E-state index contributed by atoms with van der Waals surface area (Å²) in [4.78, 5) is 33.7. The van der Waals surface area contributed by atoms with E-state index < -0.39 is 17.6 Å². The molecule has 188 valence electrons. The number of ether oxygens (including phenoxy) is 1. The maximum atomic E-state index is 12.5. The molecule has 0 saturated heterocycles. The van der Waals surface area contributed by atoms with Gasteiger partial charge in [0.15, 0.2) is 5.82 Å². The third-order valence-corrected chi connectivity index (χ3v) is 5.68. The van der Waals surface area contributed by atoms with Crippen molar-refractivity contribution < 1.29 is 14.3 Å². The Balaban J connectivity index is 1.59. The second kappa shape index (κ2) is 10.2. The summed E-state index contributed by atoms with van der Waals surface area (Å²) in [5.41, 5.74) is 14.2. The van der Waals surface area contributed by atoms with E-state index in [1.165, 1.54) is 0 Å². The average molecular weight is 489 g/mol. The molecule has 4 rings (SSSR count). The van der Waals surface area contributed by atoms with Crippen LogP contribution in [0.3, 0.4) is 0 Å². The predicted octanol–water partition coefficient (Wildman–Crippen LogP) is 4.73. The van der Waals surface area contributed by atoms with Crippen molar-refractivity contribution in [3.05, 3.63) is 65.5 Å². The standard InChI is InChI=1S/C27H32N6O3/c1-5-6-11-21-30-22-23(19-9-7-8-10-20(19)29-24(22)28)33(21)16-17-12-14-18(15-13-17)25(34)31-32-26(35)36-27(2,3)4/h7-10,12-15H,5-6,11,16H2,1-4H3,(H2,28,29)(H,31,34)(H,32,35). The van der Waals surface area contributed by atoms with E-state index in [4.69, 9.17) is 15.5 Å². The molecule has 0 fully saturated rings. The summed E-state index contributed by atoms with van der Waals surface area (Å²) in [6.45, 7) is 7.97. The van der Waals surface area contributed by atoms with Crippen molar-refractivity contribution in [1.29, 1.82) is 0 Å². The van der Waals surface area contributed by atoms with Crippen molar-refractivity contribution in [3.8, 4) is 0 Å². The summed E-state index contributed by atoms with van der Waals surface area (Å²) in [5, 5.41) is 1.00. The van der Waals surface area contributed by atoms with Gasteiger partial charge in [-0.2, -0.15) is 0 Å². The fourth-order valence-corrected chi connectivity index (χ4v) is 4.03. The second-order valence-corrected chi connectivity index (χ2v) is 9.71. The molecule has 0 unspecified atom stereocenters. The van der Waals surface area contributed by atoms with Gasteiger partial charge in [0.05, 0.1) is 11.0 Å². The molecule has 2 amide bonds. The summed E-state index contributed by atoms with van der Waals surface area (Å²) in [5.74, 6) is 0.943. The first kappa shape index (κ1) is 25.0. The van der Waals surface area contributed by atoms with Gasteiger partial charge in [-0.3, -0.25) is 10.2 Å². The van der Waals surface area contributed by atoms with Gasteiger partial charge in [0, 0.05) is 23.9 Å². The van der Waals surface area contributed by atoms with E-state index in [0.29, 0.717) is 23.4 Å². The smallest absolute Gasteiger partial charge is 0.426 e. The highest BCUT2D eigenvalue weighted by atomic mass is 16.6. The van der Waals surface area contributed by atoms with Crippen LogP contribution in [0.5, 0.6) is 0 Å². The first-order chi connectivity index (χ1) is 17.2. The van der Waals surface area contributed by atoms with Crippen LogP contribution in [0.25, 0.3) is 21.9 Å². The van der Waals surface area contributed by atoms with Crippen LogP contribution < -0.4 is 16.6 Å². The van der Waals surface area contributed by atoms with Crippen molar-refractivity contribution >= 4 is 39.8 Å². The minimum absolute atomic E-state index is 0.412. The van der Waals surface area contributed by atoms with Crippen molar-refractivity contribution in [2.45, 2.75) is 59.1 Å². The number of nitrogens with zero attached hydrogens (tertiary/aromatic N) is 3. The van der Waals surface area contributed by atoms with Gasteiger partial charge in [-0.15, -0.1) is 0 Å². The van der Waals surface area contributed by atoms with Gasteiger partial charge in [-0.1, -0.05) is 43.7 Å². The van der Waals surface area contributed by atoms with E-state index >= 15 is 0 Å². The number of fused-ring (bicyclic) bond motifs is 3. The number of anilines is 1. The van der Waals surface area contributed by atoms with E-state index in [1.807, 2.05) is 36.4 Å². The van der Waals surface area contributed by atoms with E-state index in [1.54, 1.807) is 32.9 Å². The van der Waals surface area contributed by atoms with E-state index in [9.17, 15) is 9.59 Å². The van der Waals surface area contributed by atoms with Gasteiger partial charge in [-0.05, 0) is 51.0 Å². The molecule has 4 aromatic rings. The van der Waals surface area contributed by atoms with E-state index in [0.717, 1.165) is 47.1 Å². The number of imidazole rings is 1. The molecular weight excluding hydrogens is 456 g/mol. The number of aryl methyl sites for hydroxylation is 1. The van der Waals surface area contributed by atoms with Crippen LogP contribution in [0, 0.1) is 0 Å². The molecule has 0 aliphatic carbocycles. The Morgan fingerprint density at radius 2 is 1.75 bits per heavy atom. The Kier molecular flexibility index (Phi) is 7.10. The highest BCUT2D eigenvalue weighted by Gasteiger charge is 2.19. The maximum Gasteiger partial charge on any atom is 0.426 e. The second-order valence-electron chi connectivity index (χ2n) is 9.71. The number of benzene rings is 2. The number of nitrogens with one attached hydrogen (secondary N) is 2. The first-order valence-electron chi connectivity index (χ1n) is 12.1. The molecule has 0 spiro atoms. The minimum Gasteiger partial charge on any atom is -0.443 e. The van der Waals surface area contributed by atoms with E-state index in [-0.39, 0.29) is 0 Å². The SMILES string of the molecule is CCCCc1nc2c(N)nc3ccccc3c2n1Cc1ccc(C(=O)NNC(=O)OC(C)(C)C)cc1. The Morgan fingerprint density at radius 1 is 1.03 bits per heavy atom. The van der Waals surface area contributed by atoms with Gasteiger partial charge in [0.1, 0.15) is 16.9 Å². The van der Waals surface area contributed by atoms with Gasteiger partial charge in [-0.25, -0.2) is 20.2 Å². The van der Waals surface area contributed by atoms with Gasteiger partial charge in [0.2, 0.25) is 0 Å². The third kappa shape index (κ3) is 5.56. The number of hydrazine groups is 1. The van der Waals surface area contributed by atoms with Gasteiger partial charge in [0.25, 0.3) is 5.91 Å². The third-order valence-electron chi connectivity index (χ3n) is 5.68. The lowest BCUT2D eigenvalue weighted by Crippen LogP contribution is -2.44. The number of carbonyl (C=O) groups is 2. The fraction of sp³-hybridized carbons (Fsp3) is 0.333. The lowest BCUT2D eigenvalue weighted by Gasteiger charge is -2.19. The molecule has 0 saturated carbocycles. The molecule has 0 aliphatic rings. The number of hydrogen-bond acceptors (Lipinski definition) is 6. The Hall–Kier alpha value is -4.14. The number of nitrogens with two attached hydrogens (primary N) is 1. The maximum absolute atomic E-state index is 12.5. The van der Waals surface area contributed by atoms with Crippen LogP contribution in [0.15, 0.2) is 48.5 Å². The quantitative estimate of drug-likeness (QED) is 0.337. The molecule has 2 heterocycles. The molecule has 0 aliphatic heterocycles. The topological polar surface area (TPSA) is 124 Å². The lowest BCUT2D eigenvalue weighted by atomic mass is 10.1. The molecule has 0 radical (unpaired) electrons. The molecule has 9 heteroatoms. The monoisotopic (exact) mass is 488 g/mol. The van der Waals surface area contributed by atoms with Crippen LogP contribution in [0.1, 0.15) is 62.3 Å². The number of carbonyl (C=O) groups excluding carboxylic acids is 2. The molecule has 0 atom stereocenters. The molecule has 9 nitrogen and oxygen atoms in total. The zero-order valence-electron chi connectivity index (χ0n) is 21.1. The van der Waals surface area contributed by atoms with Crippen molar-refractivity contribution in [3.63, 3.8) is 0 Å².